The SMILES string of the molecule is N[C@@H]1CCCNC1O. The third kappa shape index (κ3) is 1.18. The van der Waals surface area contributed by atoms with E-state index in [1.54, 1.807) is 0 Å². The summed E-state index contributed by atoms with van der Waals surface area (Å²) in [6, 6.07) is -0.0521. The van der Waals surface area contributed by atoms with Crippen LogP contribution < -0.4 is 11.1 Å². The van der Waals surface area contributed by atoms with Gasteiger partial charge in [0.2, 0.25) is 0 Å². The monoisotopic (exact) mass is 116 g/mol. The van der Waals surface area contributed by atoms with Crippen LogP contribution in [0.1, 0.15) is 12.8 Å². The second-order valence-electron chi connectivity index (χ2n) is 2.21. The van der Waals surface area contributed by atoms with Crippen LogP contribution in [-0.2, 0) is 0 Å². The molecule has 1 aliphatic rings. The van der Waals surface area contributed by atoms with Gasteiger partial charge in [0.1, 0.15) is 6.23 Å². The molecular formula is C5H12N2O. The molecule has 0 aromatic heterocycles. The van der Waals surface area contributed by atoms with E-state index >= 15 is 0 Å². The molecule has 1 rings (SSSR count). The predicted molar refractivity (Wildman–Crippen MR) is 31.2 cm³/mol. The first-order valence-electron chi connectivity index (χ1n) is 2.98. The maximum Gasteiger partial charge on any atom is 0.120 e. The first-order valence-corrected chi connectivity index (χ1v) is 2.98. The molecule has 0 bridgehead atoms. The van der Waals surface area contributed by atoms with Gasteiger partial charge >= 0.3 is 0 Å². The Kier molecular flexibility index (Phi) is 1.83. The van der Waals surface area contributed by atoms with Crippen molar-refractivity contribution in [2.75, 3.05) is 6.54 Å². The van der Waals surface area contributed by atoms with E-state index in [4.69, 9.17) is 10.8 Å². The van der Waals surface area contributed by atoms with E-state index < -0.39 is 6.23 Å². The van der Waals surface area contributed by atoms with Gasteiger partial charge in [-0.3, -0.25) is 5.32 Å². The molecule has 0 aromatic rings. The fraction of sp³-hybridized carbons (Fsp3) is 1.00. The number of hydrogen-bond donors (Lipinski definition) is 3. The molecule has 2 atom stereocenters. The van der Waals surface area contributed by atoms with Crippen LogP contribution in [-0.4, -0.2) is 23.9 Å². The minimum atomic E-state index is -0.469. The number of nitrogens with one attached hydrogen (secondary N) is 1. The smallest absolute Gasteiger partial charge is 0.120 e. The van der Waals surface area contributed by atoms with Crippen LogP contribution in [0.5, 0.6) is 0 Å². The molecule has 3 nitrogen and oxygen atoms in total. The summed E-state index contributed by atoms with van der Waals surface area (Å²) >= 11 is 0. The summed E-state index contributed by atoms with van der Waals surface area (Å²) in [5.74, 6) is 0. The zero-order valence-electron chi connectivity index (χ0n) is 4.80. The van der Waals surface area contributed by atoms with Crippen molar-refractivity contribution in [3.05, 3.63) is 0 Å². The molecule has 4 N–H and O–H groups in total. The van der Waals surface area contributed by atoms with Gasteiger partial charge in [0.05, 0.1) is 0 Å². The summed E-state index contributed by atoms with van der Waals surface area (Å²) in [6.07, 6.45) is 1.55. The number of hydrogen-bond acceptors (Lipinski definition) is 3. The average Bonchev–Trinajstić information content (AvgIpc) is 1.77. The molecule has 8 heavy (non-hydrogen) atoms. The van der Waals surface area contributed by atoms with E-state index in [-0.39, 0.29) is 6.04 Å². The molecule has 0 radical (unpaired) electrons. The Hall–Kier alpha value is -0.120. The van der Waals surface area contributed by atoms with Crippen molar-refractivity contribution in [1.29, 1.82) is 0 Å². The second kappa shape index (κ2) is 2.44. The highest BCUT2D eigenvalue weighted by molar-refractivity contribution is 4.74. The molecule has 0 aromatic carbocycles. The fourth-order valence-corrected chi connectivity index (χ4v) is 0.897. The lowest BCUT2D eigenvalue weighted by molar-refractivity contribution is 0.0869. The molecule has 48 valence electrons. The Balaban J connectivity index is 2.28. The van der Waals surface area contributed by atoms with Crippen LogP contribution in [0.3, 0.4) is 0 Å². The van der Waals surface area contributed by atoms with Crippen molar-refractivity contribution in [1.82, 2.24) is 5.32 Å². The normalized spacial score (nSPS) is 39.8. The summed E-state index contributed by atoms with van der Waals surface area (Å²) in [4.78, 5) is 0. The second-order valence-corrected chi connectivity index (χ2v) is 2.21. The van der Waals surface area contributed by atoms with Crippen LogP contribution in [0, 0.1) is 0 Å². The molecule has 1 saturated heterocycles. The van der Waals surface area contributed by atoms with Gasteiger partial charge in [0.15, 0.2) is 0 Å². The summed E-state index contributed by atoms with van der Waals surface area (Å²) in [5, 5.41) is 11.8. The Morgan fingerprint density at radius 3 is 2.75 bits per heavy atom. The molecule has 1 heterocycles. The summed E-state index contributed by atoms with van der Waals surface area (Å²) < 4.78 is 0. The third-order valence-corrected chi connectivity index (χ3v) is 1.47. The van der Waals surface area contributed by atoms with Crippen LogP contribution in [0.2, 0.25) is 0 Å². The molecule has 1 fully saturated rings. The van der Waals surface area contributed by atoms with Gasteiger partial charge in [-0.15, -0.1) is 0 Å². The summed E-state index contributed by atoms with van der Waals surface area (Å²) in [6.45, 7) is 0.898. The molecule has 0 amide bonds. The summed E-state index contributed by atoms with van der Waals surface area (Å²) in [5.41, 5.74) is 5.47. The Bertz CT molecular complexity index is 66.8. The molecule has 0 aliphatic carbocycles. The number of piperidine rings is 1. The van der Waals surface area contributed by atoms with Crippen molar-refractivity contribution < 1.29 is 5.11 Å². The Labute approximate surface area is 48.9 Å². The molecule has 0 saturated carbocycles. The van der Waals surface area contributed by atoms with E-state index in [2.05, 4.69) is 5.32 Å². The quantitative estimate of drug-likeness (QED) is 0.381. The maximum atomic E-state index is 8.94. The lowest BCUT2D eigenvalue weighted by Gasteiger charge is -2.24. The van der Waals surface area contributed by atoms with Crippen molar-refractivity contribution >= 4 is 0 Å². The van der Waals surface area contributed by atoms with Crippen LogP contribution in [0.25, 0.3) is 0 Å². The fourth-order valence-electron chi connectivity index (χ4n) is 0.897. The first-order chi connectivity index (χ1) is 3.80. The van der Waals surface area contributed by atoms with Crippen LogP contribution in [0.15, 0.2) is 0 Å². The Morgan fingerprint density at radius 2 is 2.38 bits per heavy atom. The van der Waals surface area contributed by atoms with Crippen molar-refractivity contribution in [3.63, 3.8) is 0 Å². The lowest BCUT2D eigenvalue weighted by atomic mass is 10.1. The molecule has 3 heteroatoms. The van der Waals surface area contributed by atoms with Gasteiger partial charge in [-0.05, 0) is 19.4 Å². The minimum Gasteiger partial charge on any atom is -0.377 e. The van der Waals surface area contributed by atoms with E-state index in [0.717, 1.165) is 19.4 Å². The third-order valence-electron chi connectivity index (χ3n) is 1.47. The number of aliphatic hydroxyl groups is 1. The van der Waals surface area contributed by atoms with Gasteiger partial charge in [-0.25, -0.2) is 0 Å². The van der Waals surface area contributed by atoms with E-state index in [0.29, 0.717) is 0 Å². The largest absolute Gasteiger partial charge is 0.377 e. The lowest BCUT2D eigenvalue weighted by Crippen LogP contribution is -2.49. The highest BCUT2D eigenvalue weighted by Gasteiger charge is 2.16. The van der Waals surface area contributed by atoms with E-state index in [1.165, 1.54) is 0 Å². The van der Waals surface area contributed by atoms with Crippen LogP contribution >= 0.6 is 0 Å². The maximum absolute atomic E-state index is 8.94. The number of aliphatic hydroxyl groups excluding tert-OH is 1. The zero-order chi connectivity index (χ0) is 5.98. The summed E-state index contributed by atoms with van der Waals surface area (Å²) in [7, 11) is 0. The van der Waals surface area contributed by atoms with E-state index in [1.807, 2.05) is 0 Å². The highest BCUT2D eigenvalue weighted by atomic mass is 16.3. The molecular weight excluding hydrogens is 104 g/mol. The standard InChI is InChI=1S/C5H12N2O/c6-4-2-1-3-7-5(4)8/h4-5,7-8H,1-3,6H2/t4-,5?/m1/s1. The van der Waals surface area contributed by atoms with Gasteiger partial charge < -0.3 is 10.8 Å². The van der Waals surface area contributed by atoms with Gasteiger partial charge in [0.25, 0.3) is 0 Å². The zero-order valence-corrected chi connectivity index (χ0v) is 4.80. The number of rotatable bonds is 0. The van der Waals surface area contributed by atoms with E-state index in [9.17, 15) is 0 Å². The van der Waals surface area contributed by atoms with Gasteiger partial charge in [0, 0.05) is 6.04 Å². The van der Waals surface area contributed by atoms with Gasteiger partial charge in [-0.1, -0.05) is 0 Å². The van der Waals surface area contributed by atoms with Crippen molar-refractivity contribution in [2.45, 2.75) is 25.1 Å². The highest BCUT2D eigenvalue weighted by Crippen LogP contribution is 2.02. The van der Waals surface area contributed by atoms with Crippen molar-refractivity contribution in [3.8, 4) is 0 Å². The van der Waals surface area contributed by atoms with Gasteiger partial charge in [-0.2, -0.15) is 0 Å². The minimum absolute atomic E-state index is 0.0521. The number of nitrogens with two attached hydrogens (primary N) is 1. The molecule has 1 unspecified atom stereocenters. The molecule has 1 aliphatic heterocycles. The average molecular weight is 116 g/mol. The van der Waals surface area contributed by atoms with Crippen molar-refractivity contribution in [2.24, 2.45) is 5.73 Å². The van der Waals surface area contributed by atoms with Crippen LogP contribution in [0.4, 0.5) is 0 Å². The topological polar surface area (TPSA) is 58.3 Å². The molecule has 0 spiro atoms. The first kappa shape index (κ1) is 6.01. The Morgan fingerprint density at radius 1 is 1.62 bits per heavy atom. The predicted octanol–water partition coefficient (Wildman–Crippen LogP) is -0.985.